The van der Waals surface area contributed by atoms with Crippen LogP contribution in [0.5, 0.6) is 0 Å². The van der Waals surface area contributed by atoms with Crippen molar-refractivity contribution in [1.29, 1.82) is 0 Å². The molecule has 0 saturated carbocycles. The lowest BCUT2D eigenvalue weighted by Gasteiger charge is -2.27. The van der Waals surface area contributed by atoms with Crippen LogP contribution in [-0.2, 0) is 19.4 Å². The van der Waals surface area contributed by atoms with Crippen molar-refractivity contribution in [3.05, 3.63) is 89.5 Å². The lowest BCUT2D eigenvalue weighted by atomic mass is 9.83. The maximum atomic E-state index is 3.61. The fourth-order valence-electron chi connectivity index (χ4n) is 4.26. The molecule has 2 nitrogen and oxygen atoms in total. The summed E-state index contributed by atoms with van der Waals surface area (Å²) >= 11 is 0. The Kier molecular flexibility index (Phi) is 5.78. The molecule has 0 aliphatic heterocycles. The molecule has 0 amide bonds. The van der Waals surface area contributed by atoms with Crippen LogP contribution in [0.3, 0.4) is 0 Å². The fraction of sp³-hybridized carbons (Fsp3) is 0.308. The van der Waals surface area contributed by atoms with Gasteiger partial charge >= 0.3 is 0 Å². The summed E-state index contributed by atoms with van der Waals surface area (Å²) in [5.74, 6) is 0.796. The first-order valence-corrected chi connectivity index (χ1v) is 10.3. The summed E-state index contributed by atoms with van der Waals surface area (Å²) in [4.78, 5) is 2.31. The first-order valence-electron chi connectivity index (χ1n) is 10.3. The van der Waals surface area contributed by atoms with Gasteiger partial charge in [0.05, 0.1) is 0 Å². The molecular weight excluding hydrogens is 340 g/mol. The molecule has 0 heterocycles. The number of nitrogens with zero attached hydrogens (tertiary/aromatic N) is 1. The Bertz CT molecular complexity index is 897. The average molecular weight is 371 g/mol. The molecule has 3 aromatic rings. The Labute approximate surface area is 169 Å². The summed E-state index contributed by atoms with van der Waals surface area (Å²) in [5.41, 5.74) is 8.14. The van der Waals surface area contributed by atoms with Crippen LogP contribution >= 0.6 is 0 Å². The predicted molar refractivity (Wildman–Crippen MR) is 120 cm³/mol. The van der Waals surface area contributed by atoms with Crippen molar-refractivity contribution in [3.8, 4) is 11.1 Å². The number of fused-ring (bicyclic) bond motifs is 1. The van der Waals surface area contributed by atoms with E-state index in [2.05, 4.69) is 97.1 Å². The van der Waals surface area contributed by atoms with Gasteiger partial charge in [-0.3, -0.25) is 0 Å². The molecule has 4 rings (SSSR count). The lowest BCUT2D eigenvalue weighted by molar-refractivity contribution is 0.303. The van der Waals surface area contributed by atoms with E-state index in [-0.39, 0.29) is 0 Å². The Balaban J connectivity index is 1.37. The second-order valence-electron chi connectivity index (χ2n) is 8.27. The molecule has 3 aromatic carbocycles. The summed E-state index contributed by atoms with van der Waals surface area (Å²) in [6, 6.07) is 26.4. The maximum Gasteiger partial charge on any atom is 0.0400 e. The molecule has 144 valence electrons. The van der Waals surface area contributed by atoms with E-state index in [0.717, 1.165) is 12.5 Å². The minimum atomic E-state index is 0.796. The van der Waals surface area contributed by atoms with Crippen molar-refractivity contribution in [3.63, 3.8) is 0 Å². The summed E-state index contributed by atoms with van der Waals surface area (Å²) in [7, 11) is 4.35. The summed E-state index contributed by atoms with van der Waals surface area (Å²) < 4.78 is 0. The van der Waals surface area contributed by atoms with Gasteiger partial charge in [0.15, 0.2) is 0 Å². The van der Waals surface area contributed by atoms with Gasteiger partial charge in [-0.1, -0.05) is 60.7 Å². The minimum Gasteiger partial charge on any atom is -0.381 e. The smallest absolute Gasteiger partial charge is 0.0400 e. The van der Waals surface area contributed by atoms with E-state index in [4.69, 9.17) is 0 Å². The molecule has 0 saturated heterocycles. The van der Waals surface area contributed by atoms with E-state index in [1.54, 1.807) is 0 Å². The second kappa shape index (κ2) is 8.62. The van der Waals surface area contributed by atoms with Crippen molar-refractivity contribution in [1.82, 2.24) is 4.90 Å². The van der Waals surface area contributed by atoms with Crippen LogP contribution in [0.25, 0.3) is 11.1 Å². The molecule has 1 unspecified atom stereocenters. The van der Waals surface area contributed by atoms with Crippen molar-refractivity contribution < 1.29 is 0 Å². The number of hydrogen-bond donors (Lipinski definition) is 1. The second-order valence-corrected chi connectivity index (χ2v) is 8.27. The van der Waals surface area contributed by atoms with Gasteiger partial charge in [-0.25, -0.2) is 0 Å². The van der Waals surface area contributed by atoms with E-state index >= 15 is 0 Å². The zero-order chi connectivity index (χ0) is 19.3. The van der Waals surface area contributed by atoms with Gasteiger partial charge in [-0.05, 0) is 79.2 Å². The number of anilines is 1. The Morgan fingerprint density at radius 1 is 0.857 bits per heavy atom. The highest BCUT2D eigenvalue weighted by molar-refractivity contribution is 5.63. The van der Waals surface area contributed by atoms with Gasteiger partial charge in [0.2, 0.25) is 0 Å². The zero-order valence-corrected chi connectivity index (χ0v) is 17.0. The minimum absolute atomic E-state index is 0.796. The molecular formula is C26H30N2. The van der Waals surface area contributed by atoms with Gasteiger partial charge in [0.1, 0.15) is 0 Å². The Morgan fingerprint density at radius 3 is 2.36 bits per heavy atom. The SMILES string of the molecule is CN(C)CC1CCc2cc(NCc3ccc(-c4ccccc4)cc3)ccc2C1. The first kappa shape index (κ1) is 18.8. The molecule has 1 N–H and O–H groups in total. The van der Waals surface area contributed by atoms with Crippen LogP contribution in [0.4, 0.5) is 5.69 Å². The van der Waals surface area contributed by atoms with Crippen LogP contribution in [0.1, 0.15) is 23.1 Å². The standard InChI is InChI=1S/C26H30N2/c1-28(2)19-21-10-13-25-17-26(15-14-24(25)16-21)27-18-20-8-11-23(12-9-20)22-6-4-3-5-7-22/h3-9,11-12,14-15,17,21,27H,10,13,16,18-19H2,1-2H3. The quantitative estimate of drug-likeness (QED) is 0.605. The summed E-state index contributed by atoms with van der Waals surface area (Å²) in [5, 5.41) is 3.61. The maximum absolute atomic E-state index is 3.61. The van der Waals surface area contributed by atoms with Crippen molar-refractivity contribution >= 4 is 5.69 Å². The summed E-state index contributed by atoms with van der Waals surface area (Å²) in [6.07, 6.45) is 3.72. The molecule has 0 bridgehead atoms. The number of rotatable bonds is 6. The van der Waals surface area contributed by atoms with E-state index in [1.807, 2.05) is 0 Å². The highest BCUT2D eigenvalue weighted by Gasteiger charge is 2.19. The van der Waals surface area contributed by atoms with E-state index in [0.29, 0.717) is 0 Å². The van der Waals surface area contributed by atoms with Crippen molar-refractivity contribution in [2.45, 2.75) is 25.8 Å². The van der Waals surface area contributed by atoms with Crippen LogP contribution in [-0.4, -0.2) is 25.5 Å². The number of nitrogens with one attached hydrogen (secondary N) is 1. The van der Waals surface area contributed by atoms with Gasteiger partial charge < -0.3 is 10.2 Å². The largest absolute Gasteiger partial charge is 0.381 e. The molecule has 0 aromatic heterocycles. The average Bonchev–Trinajstić information content (AvgIpc) is 2.73. The van der Waals surface area contributed by atoms with Crippen molar-refractivity contribution in [2.24, 2.45) is 5.92 Å². The third-order valence-corrected chi connectivity index (χ3v) is 5.72. The Hall–Kier alpha value is -2.58. The molecule has 1 atom stereocenters. The van der Waals surface area contributed by atoms with Crippen LogP contribution in [0.15, 0.2) is 72.8 Å². The molecule has 0 radical (unpaired) electrons. The number of benzene rings is 3. The third-order valence-electron chi connectivity index (χ3n) is 5.72. The zero-order valence-electron chi connectivity index (χ0n) is 17.0. The van der Waals surface area contributed by atoms with E-state index < -0.39 is 0 Å². The fourth-order valence-corrected chi connectivity index (χ4v) is 4.26. The van der Waals surface area contributed by atoms with E-state index in [9.17, 15) is 0 Å². The molecule has 2 heteroatoms. The molecule has 0 spiro atoms. The predicted octanol–water partition coefficient (Wildman–Crippen LogP) is 5.63. The topological polar surface area (TPSA) is 15.3 Å². The number of aryl methyl sites for hydroxylation is 1. The molecule has 1 aliphatic carbocycles. The highest BCUT2D eigenvalue weighted by Crippen LogP contribution is 2.28. The van der Waals surface area contributed by atoms with Crippen LogP contribution < -0.4 is 5.32 Å². The van der Waals surface area contributed by atoms with Gasteiger partial charge in [0, 0.05) is 18.8 Å². The first-order chi connectivity index (χ1) is 13.7. The van der Waals surface area contributed by atoms with Gasteiger partial charge in [-0.2, -0.15) is 0 Å². The third kappa shape index (κ3) is 4.63. The molecule has 0 fully saturated rings. The molecule has 28 heavy (non-hydrogen) atoms. The van der Waals surface area contributed by atoms with Crippen LogP contribution in [0, 0.1) is 5.92 Å². The van der Waals surface area contributed by atoms with Gasteiger partial charge in [-0.15, -0.1) is 0 Å². The summed E-state index contributed by atoms with van der Waals surface area (Å²) in [6.45, 7) is 2.05. The van der Waals surface area contributed by atoms with Crippen LogP contribution in [0.2, 0.25) is 0 Å². The van der Waals surface area contributed by atoms with Crippen molar-refractivity contribution in [2.75, 3.05) is 26.0 Å². The van der Waals surface area contributed by atoms with E-state index in [1.165, 1.54) is 59.3 Å². The Morgan fingerprint density at radius 2 is 1.61 bits per heavy atom. The monoisotopic (exact) mass is 370 g/mol. The van der Waals surface area contributed by atoms with Gasteiger partial charge in [0.25, 0.3) is 0 Å². The normalized spacial score (nSPS) is 16.0. The lowest BCUT2D eigenvalue weighted by Crippen LogP contribution is -2.26. The number of hydrogen-bond acceptors (Lipinski definition) is 2. The molecule has 1 aliphatic rings. The highest BCUT2D eigenvalue weighted by atomic mass is 15.1.